The summed E-state index contributed by atoms with van der Waals surface area (Å²) in [6.45, 7) is 3.60. The quantitative estimate of drug-likeness (QED) is 0.475. The van der Waals surface area contributed by atoms with Gasteiger partial charge in [-0.25, -0.2) is 0 Å². The summed E-state index contributed by atoms with van der Waals surface area (Å²) in [5.74, 6) is -0.353. The van der Waals surface area contributed by atoms with Gasteiger partial charge in [-0.15, -0.1) is 6.58 Å². The van der Waals surface area contributed by atoms with Gasteiger partial charge in [-0.05, 0) is 36.8 Å². The molecule has 0 bridgehead atoms. The van der Waals surface area contributed by atoms with Crippen molar-refractivity contribution in [3.05, 3.63) is 41.1 Å². The number of aromatic hydroxyl groups is 2. The summed E-state index contributed by atoms with van der Waals surface area (Å²) >= 11 is 4.92. The first-order valence-corrected chi connectivity index (χ1v) is 5.13. The third-order valence-electron chi connectivity index (χ3n) is 2.31. The molecule has 0 aliphatic carbocycles. The van der Waals surface area contributed by atoms with Crippen LogP contribution < -0.4 is 0 Å². The fraction of sp³-hybridized carbons (Fsp3) is 0.0833. The average molecular weight is 234 g/mol. The molecule has 0 radical (unpaired) electrons. The Labute approximate surface area is 97.3 Å². The van der Waals surface area contributed by atoms with Crippen molar-refractivity contribution in [2.45, 2.75) is 6.42 Å². The number of rotatable bonds is 2. The van der Waals surface area contributed by atoms with E-state index in [4.69, 9.17) is 16.6 Å². The SMILES string of the molecule is C=CCc1c(O)c(O)cc2ccc(=S)oc12. The van der Waals surface area contributed by atoms with Gasteiger partial charge < -0.3 is 14.6 Å². The van der Waals surface area contributed by atoms with Crippen LogP contribution in [0.2, 0.25) is 0 Å². The molecule has 0 saturated carbocycles. The standard InChI is InChI=1S/C12H10O3S/c1-2-3-8-11(14)9(13)6-7-4-5-10(16)15-12(7)8/h2,4-6,13-14H,1,3H2. The third-order valence-corrected chi connectivity index (χ3v) is 2.53. The Balaban J connectivity index is 2.89. The molecule has 0 aliphatic rings. The van der Waals surface area contributed by atoms with E-state index >= 15 is 0 Å². The van der Waals surface area contributed by atoms with Gasteiger partial charge in [0.05, 0.1) is 0 Å². The first-order valence-electron chi connectivity index (χ1n) is 4.72. The third kappa shape index (κ3) is 1.67. The van der Waals surface area contributed by atoms with E-state index in [1.54, 1.807) is 18.2 Å². The molecular weight excluding hydrogens is 224 g/mol. The van der Waals surface area contributed by atoms with Gasteiger partial charge in [-0.1, -0.05) is 6.08 Å². The lowest BCUT2D eigenvalue weighted by Crippen LogP contribution is -1.87. The first kappa shape index (κ1) is 10.7. The molecule has 2 aromatic rings. The van der Waals surface area contributed by atoms with Crippen molar-refractivity contribution < 1.29 is 14.6 Å². The Morgan fingerprint density at radius 2 is 2.12 bits per heavy atom. The van der Waals surface area contributed by atoms with E-state index in [1.807, 2.05) is 0 Å². The van der Waals surface area contributed by atoms with Gasteiger partial charge in [0.25, 0.3) is 0 Å². The summed E-state index contributed by atoms with van der Waals surface area (Å²) in [5.41, 5.74) is 0.986. The Hall–Kier alpha value is -1.81. The minimum absolute atomic E-state index is 0.170. The molecule has 1 aromatic carbocycles. The Morgan fingerprint density at radius 3 is 2.81 bits per heavy atom. The summed E-state index contributed by atoms with van der Waals surface area (Å²) in [6.07, 6.45) is 2.03. The zero-order valence-corrected chi connectivity index (χ0v) is 9.25. The van der Waals surface area contributed by atoms with Crippen molar-refractivity contribution in [1.82, 2.24) is 0 Å². The van der Waals surface area contributed by atoms with Crippen molar-refractivity contribution in [3.63, 3.8) is 0 Å². The predicted molar refractivity (Wildman–Crippen MR) is 64.3 cm³/mol. The van der Waals surface area contributed by atoms with E-state index in [0.717, 1.165) is 0 Å². The van der Waals surface area contributed by atoms with E-state index in [0.29, 0.717) is 27.7 Å². The monoisotopic (exact) mass is 234 g/mol. The van der Waals surface area contributed by atoms with Gasteiger partial charge in [0.2, 0.25) is 0 Å². The number of phenols is 2. The van der Waals surface area contributed by atoms with Crippen molar-refractivity contribution in [3.8, 4) is 11.5 Å². The van der Waals surface area contributed by atoms with Crippen LogP contribution in [0.3, 0.4) is 0 Å². The van der Waals surface area contributed by atoms with Gasteiger partial charge in [-0.2, -0.15) is 0 Å². The highest BCUT2D eigenvalue weighted by Gasteiger charge is 2.12. The second kappa shape index (κ2) is 3.98. The van der Waals surface area contributed by atoms with Crippen LogP contribution in [0.1, 0.15) is 5.56 Å². The Morgan fingerprint density at radius 1 is 1.38 bits per heavy atom. The highest BCUT2D eigenvalue weighted by atomic mass is 32.1. The zero-order chi connectivity index (χ0) is 11.7. The lowest BCUT2D eigenvalue weighted by molar-refractivity contribution is 0.400. The average Bonchev–Trinajstić information content (AvgIpc) is 2.26. The minimum atomic E-state index is -0.184. The van der Waals surface area contributed by atoms with E-state index in [2.05, 4.69) is 6.58 Å². The molecule has 0 atom stereocenters. The molecule has 2 rings (SSSR count). The van der Waals surface area contributed by atoms with E-state index in [-0.39, 0.29) is 11.5 Å². The first-order chi connectivity index (χ1) is 7.63. The van der Waals surface area contributed by atoms with E-state index in [1.165, 1.54) is 6.07 Å². The van der Waals surface area contributed by atoms with Crippen LogP contribution in [0.4, 0.5) is 0 Å². The molecule has 0 aliphatic heterocycles. The molecule has 3 nitrogen and oxygen atoms in total. The number of allylic oxidation sites excluding steroid dienone is 1. The molecule has 1 heterocycles. The smallest absolute Gasteiger partial charge is 0.190 e. The van der Waals surface area contributed by atoms with Crippen LogP contribution in [0.15, 0.2) is 35.3 Å². The van der Waals surface area contributed by atoms with Gasteiger partial charge in [0.15, 0.2) is 16.2 Å². The molecular formula is C12H10O3S. The molecule has 16 heavy (non-hydrogen) atoms. The van der Waals surface area contributed by atoms with Crippen LogP contribution in [-0.4, -0.2) is 10.2 Å². The molecule has 82 valence electrons. The molecule has 1 aromatic heterocycles. The van der Waals surface area contributed by atoms with Gasteiger partial charge in [0, 0.05) is 10.9 Å². The van der Waals surface area contributed by atoms with Gasteiger partial charge in [0.1, 0.15) is 5.58 Å². The highest BCUT2D eigenvalue weighted by molar-refractivity contribution is 7.71. The number of phenolic OH excluding ortho intramolecular Hbond substituents is 2. The summed E-state index contributed by atoms with van der Waals surface area (Å²) < 4.78 is 5.71. The fourth-order valence-corrected chi connectivity index (χ4v) is 1.74. The Kier molecular flexibility index (Phi) is 2.66. The van der Waals surface area contributed by atoms with Crippen molar-refractivity contribution in [2.24, 2.45) is 0 Å². The second-order valence-electron chi connectivity index (χ2n) is 3.39. The topological polar surface area (TPSA) is 53.6 Å². The lowest BCUT2D eigenvalue weighted by Gasteiger charge is -2.07. The zero-order valence-electron chi connectivity index (χ0n) is 8.43. The van der Waals surface area contributed by atoms with E-state index < -0.39 is 0 Å². The second-order valence-corrected chi connectivity index (χ2v) is 3.79. The number of hydrogen-bond acceptors (Lipinski definition) is 4. The normalized spacial score (nSPS) is 10.5. The van der Waals surface area contributed by atoms with Gasteiger partial charge in [-0.3, -0.25) is 0 Å². The summed E-state index contributed by atoms with van der Waals surface area (Å²) in [6, 6.07) is 4.81. The Bertz CT molecular complexity index is 613. The van der Waals surface area contributed by atoms with Crippen LogP contribution in [0, 0.1) is 4.71 Å². The summed E-state index contributed by atoms with van der Waals surface area (Å²) in [5, 5.41) is 20.0. The maximum Gasteiger partial charge on any atom is 0.190 e. The molecule has 0 saturated heterocycles. The summed E-state index contributed by atoms with van der Waals surface area (Å²) in [4.78, 5) is 0. The maximum atomic E-state index is 9.73. The van der Waals surface area contributed by atoms with Crippen molar-refractivity contribution in [2.75, 3.05) is 0 Å². The minimum Gasteiger partial charge on any atom is -0.504 e. The number of hydrogen-bond donors (Lipinski definition) is 2. The van der Waals surface area contributed by atoms with Crippen LogP contribution in [0.25, 0.3) is 11.0 Å². The molecule has 0 spiro atoms. The van der Waals surface area contributed by atoms with Crippen molar-refractivity contribution in [1.29, 1.82) is 0 Å². The van der Waals surface area contributed by atoms with E-state index in [9.17, 15) is 10.2 Å². The van der Waals surface area contributed by atoms with Gasteiger partial charge >= 0.3 is 0 Å². The fourth-order valence-electron chi connectivity index (χ4n) is 1.59. The maximum absolute atomic E-state index is 9.73. The number of benzene rings is 1. The van der Waals surface area contributed by atoms with Crippen LogP contribution in [-0.2, 0) is 6.42 Å². The number of fused-ring (bicyclic) bond motifs is 1. The van der Waals surface area contributed by atoms with Crippen LogP contribution in [0.5, 0.6) is 11.5 Å². The van der Waals surface area contributed by atoms with Crippen molar-refractivity contribution >= 4 is 23.2 Å². The summed E-state index contributed by atoms with van der Waals surface area (Å²) in [7, 11) is 0. The molecule has 4 heteroatoms. The molecule has 0 amide bonds. The van der Waals surface area contributed by atoms with Crippen LogP contribution >= 0.6 is 12.2 Å². The highest BCUT2D eigenvalue weighted by Crippen LogP contribution is 2.36. The predicted octanol–water partition coefficient (Wildman–Crippen LogP) is 3.30. The molecule has 2 N–H and O–H groups in total. The largest absolute Gasteiger partial charge is 0.504 e. The molecule has 0 unspecified atom stereocenters. The molecule has 0 fully saturated rings. The lowest BCUT2D eigenvalue weighted by atomic mass is 10.1.